The van der Waals surface area contributed by atoms with Crippen LogP contribution in [0.2, 0.25) is 0 Å². The van der Waals surface area contributed by atoms with Crippen LogP contribution in [0.3, 0.4) is 0 Å². The minimum atomic E-state index is -1.18. The second-order valence-corrected chi connectivity index (χ2v) is 4.96. The number of unbranched alkanes of at least 4 members (excludes halogenated alkanes) is 6. The van der Waals surface area contributed by atoms with Gasteiger partial charge in [-0.2, -0.15) is 0 Å². The monoisotopic (exact) mass is 293 g/mol. The molecule has 1 aromatic rings. The van der Waals surface area contributed by atoms with Gasteiger partial charge in [-0.1, -0.05) is 45.4 Å². The molecule has 1 rings (SSSR count). The molecule has 0 spiro atoms. The maximum atomic E-state index is 11.8. The third kappa shape index (κ3) is 6.38. The second kappa shape index (κ2) is 9.91. The number of rotatable bonds is 10. The molecule has 0 aromatic carbocycles. The summed E-state index contributed by atoms with van der Waals surface area (Å²) in [5.74, 6) is -1.84. The first kappa shape index (κ1) is 17.1. The summed E-state index contributed by atoms with van der Waals surface area (Å²) in [6.07, 6.45) is 9.31. The molecule has 0 aliphatic heterocycles. The molecule has 21 heavy (non-hydrogen) atoms. The third-order valence-corrected chi connectivity index (χ3v) is 3.21. The van der Waals surface area contributed by atoms with E-state index in [0.29, 0.717) is 6.61 Å². The standard InChI is InChI=1S/C16H23NO4/c1-2-3-4-5-6-7-8-12-21-16(20)14-13(15(18)19)10-9-11-17-14/h9-11H,2-8,12H2,1H3,(H,18,19). The highest BCUT2D eigenvalue weighted by Gasteiger charge is 2.18. The van der Waals surface area contributed by atoms with Crippen molar-refractivity contribution in [3.63, 3.8) is 0 Å². The lowest BCUT2D eigenvalue weighted by Crippen LogP contribution is -2.14. The van der Waals surface area contributed by atoms with Gasteiger partial charge in [-0.15, -0.1) is 0 Å². The number of aromatic nitrogens is 1. The molecule has 0 radical (unpaired) electrons. The van der Waals surface area contributed by atoms with Crippen molar-refractivity contribution in [2.24, 2.45) is 0 Å². The first-order chi connectivity index (χ1) is 10.2. The Morgan fingerprint density at radius 3 is 2.48 bits per heavy atom. The lowest BCUT2D eigenvalue weighted by atomic mass is 10.1. The third-order valence-electron chi connectivity index (χ3n) is 3.21. The van der Waals surface area contributed by atoms with E-state index in [-0.39, 0.29) is 11.3 Å². The van der Waals surface area contributed by atoms with Crippen LogP contribution in [0.5, 0.6) is 0 Å². The van der Waals surface area contributed by atoms with Gasteiger partial charge >= 0.3 is 11.9 Å². The van der Waals surface area contributed by atoms with Crippen LogP contribution in [0.15, 0.2) is 18.3 Å². The van der Waals surface area contributed by atoms with E-state index < -0.39 is 11.9 Å². The van der Waals surface area contributed by atoms with Gasteiger partial charge < -0.3 is 9.84 Å². The first-order valence-corrected chi connectivity index (χ1v) is 7.52. The summed E-state index contributed by atoms with van der Waals surface area (Å²) < 4.78 is 5.08. The van der Waals surface area contributed by atoms with Gasteiger partial charge in [0.2, 0.25) is 0 Å². The van der Waals surface area contributed by atoms with Crippen LogP contribution < -0.4 is 0 Å². The highest BCUT2D eigenvalue weighted by Crippen LogP contribution is 2.09. The molecule has 1 heterocycles. The van der Waals surface area contributed by atoms with Gasteiger partial charge in [-0.3, -0.25) is 0 Å². The Morgan fingerprint density at radius 2 is 1.81 bits per heavy atom. The topological polar surface area (TPSA) is 76.5 Å². The van der Waals surface area contributed by atoms with Gasteiger partial charge in [0.1, 0.15) is 0 Å². The number of aromatic carboxylic acids is 1. The average Bonchev–Trinajstić information content (AvgIpc) is 2.49. The molecule has 0 bridgehead atoms. The summed E-state index contributed by atoms with van der Waals surface area (Å²) in [7, 11) is 0. The zero-order valence-corrected chi connectivity index (χ0v) is 12.5. The summed E-state index contributed by atoms with van der Waals surface area (Å²) in [6, 6.07) is 2.83. The lowest BCUT2D eigenvalue weighted by Gasteiger charge is -2.06. The average molecular weight is 293 g/mol. The van der Waals surface area contributed by atoms with Crippen LogP contribution in [-0.2, 0) is 4.74 Å². The van der Waals surface area contributed by atoms with Crippen molar-refractivity contribution < 1.29 is 19.4 Å². The largest absolute Gasteiger partial charge is 0.478 e. The number of carbonyl (C=O) groups is 2. The fourth-order valence-corrected chi connectivity index (χ4v) is 2.03. The normalized spacial score (nSPS) is 10.3. The number of hydrogen-bond acceptors (Lipinski definition) is 4. The van der Waals surface area contributed by atoms with Crippen molar-refractivity contribution in [1.82, 2.24) is 4.98 Å². The van der Waals surface area contributed by atoms with Crippen LogP contribution in [0.1, 0.15) is 72.7 Å². The van der Waals surface area contributed by atoms with Crippen molar-refractivity contribution >= 4 is 11.9 Å². The molecular weight excluding hydrogens is 270 g/mol. The lowest BCUT2D eigenvalue weighted by molar-refractivity contribution is 0.0480. The summed E-state index contributed by atoms with van der Waals surface area (Å²) >= 11 is 0. The molecule has 0 aliphatic carbocycles. The molecule has 116 valence electrons. The van der Waals surface area contributed by atoms with E-state index in [0.717, 1.165) is 19.3 Å². The SMILES string of the molecule is CCCCCCCCCOC(=O)c1ncccc1C(=O)O. The molecule has 1 aromatic heterocycles. The van der Waals surface area contributed by atoms with Crippen LogP contribution in [0, 0.1) is 0 Å². The smallest absolute Gasteiger partial charge is 0.357 e. The van der Waals surface area contributed by atoms with E-state index in [4.69, 9.17) is 9.84 Å². The minimum absolute atomic E-state index is 0.123. The van der Waals surface area contributed by atoms with Crippen LogP contribution in [-0.4, -0.2) is 28.6 Å². The van der Waals surface area contributed by atoms with Gasteiger partial charge in [-0.05, 0) is 18.6 Å². The van der Waals surface area contributed by atoms with Crippen molar-refractivity contribution in [3.05, 3.63) is 29.6 Å². The van der Waals surface area contributed by atoms with Crippen LogP contribution in [0.4, 0.5) is 0 Å². The van der Waals surface area contributed by atoms with Gasteiger partial charge in [0.15, 0.2) is 5.69 Å². The number of carbonyl (C=O) groups excluding carboxylic acids is 1. The zero-order chi connectivity index (χ0) is 15.5. The van der Waals surface area contributed by atoms with E-state index in [1.807, 2.05) is 0 Å². The van der Waals surface area contributed by atoms with E-state index in [1.54, 1.807) is 0 Å². The van der Waals surface area contributed by atoms with Gasteiger partial charge in [0, 0.05) is 6.20 Å². The number of ether oxygens (including phenoxy) is 1. The molecule has 0 saturated carbocycles. The maximum absolute atomic E-state index is 11.8. The Balaban J connectivity index is 2.27. The van der Waals surface area contributed by atoms with Gasteiger partial charge in [0.25, 0.3) is 0 Å². The first-order valence-electron chi connectivity index (χ1n) is 7.52. The van der Waals surface area contributed by atoms with Crippen LogP contribution in [0.25, 0.3) is 0 Å². The zero-order valence-electron chi connectivity index (χ0n) is 12.5. The molecule has 1 N–H and O–H groups in total. The second-order valence-electron chi connectivity index (χ2n) is 4.96. The molecule has 0 saturated heterocycles. The molecule has 0 amide bonds. The Bertz CT molecular complexity index is 459. The van der Waals surface area contributed by atoms with Crippen molar-refractivity contribution in [3.8, 4) is 0 Å². The molecule has 0 aliphatic rings. The predicted molar refractivity (Wildman–Crippen MR) is 79.5 cm³/mol. The number of pyridine rings is 1. The summed E-state index contributed by atoms with van der Waals surface area (Å²) in [5, 5.41) is 8.98. The number of carboxylic acid groups (broad SMARTS) is 1. The Labute approximate surface area is 125 Å². The highest BCUT2D eigenvalue weighted by atomic mass is 16.5. The minimum Gasteiger partial charge on any atom is -0.478 e. The number of carboxylic acids is 1. The number of esters is 1. The van der Waals surface area contributed by atoms with Crippen LogP contribution >= 0.6 is 0 Å². The number of hydrogen-bond donors (Lipinski definition) is 1. The quantitative estimate of drug-likeness (QED) is 0.526. The van der Waals surface area contributed by atoms with Gasteiger partial charge in [0.05, 0.1) is 12.2 Å². The summed E-state index contributed by atoms with van der Waals surface area (Å²) in [4.78, 5) is 26.6. The Kier molecular flexibility index (Phi) is 8.09. The highest BCUT2D eigenvalue weighted by molar-refractivity contribution is 6.00. The van der Waals surface area contributed by atoms with Crippen molar-refractivity contribution in [1.29, 1.82) is 0 Å². The molecule has 5 heteroatoms. The van der Waals surface area contributed by atoms with E-state index in [1.165, 1.54) is 44.0 Å². The molecule has 5 nitrogen and oxygen atoms in total. The molecular formula is C16H23NO4. The maximum Gasteiger partial charge on any atom is 0.357 e. The fraction of sp³-hybridized carbons (Fsp3) is 0.562. The molecule has 0 atom stereocenters. The molecule has 0 fully saturated rings. The Hall–Kier alpha value is -1.91. The summed E-state index contributed by atoms with van der Waals surface area (Å²) in [5.41, 5.74) is -0.255. The van der Waals surface area contributed by atoms with Gasteiger partial charge in [-0.25, -0.2) is 14.6 Å². The predicted octanol–water partition coefficient (Wildman–Crippen LogP) is 3.69. The van der Waals surface area contributed by atoms with Crippen molar-refractivity contribution in [2.45, 2.75) is 51.9 Å². The van der Waals surface area contributed by atoms with E-state index in [2.05, 4.69) is 11.9 Å². The fourth-order valence-electron chi connectivity index (χ4n) is 2.03. The summed E-state index contributed by atoms with van der Waals surface area (Å²) in [6.45, 7) is 2.49. The Morgan fingerprint density at radius 1 is 1.14 bits per heavy atom. The molecule has 0 unspecified atom stereocenters. The number of nitrogens with zero attached hydrogens (tertiary/aromatic N) is 1. The van der Waals surface area contributed by atoms with E-state index >= 15 is 0 Å². The van der Waals surface area contributed by atoms with E-state index in [9.17, 15) is 9.59 Å². The van der Waals surface area contributed by atoms with Crippen molar-refractivity contribution in [2.75, 3.05) is 6.61 Å².